The minimum Gasteiger partial charge on any atom is -0.482 e. The smallest absolute Gasteiger partial charge is 0.151 e. The molecule has 0 amide bonds. The molecule has 2 heterocycles. The van der Waals surface area contributed by atoms with Crippen LogP contribution in [0.15, 0.2) is 48.8 Å². The van der Waals surface area contributed by atoms with Gasteiger partial charge in [-0.05, 0) is 31.0 Å². The van der Waals surface area contributed by atoms with E-state index in [4.69, 9.17) is 9.47 Å². The molecule has 1 fully saturated rings. The molecule has 1 aromatic heterocycles. The fourth-order valence-corrected chi connectivity index (χ4v) is 2.88. The van der Waals surface area contributed by atoms with Gasteiger partial charge in [-0.2, -0.15) is 5.26 Å². The number of para-hydroxylation sites is 1. The first kappa shape index (κ1) is 15.5. The number of nitrogens with zero attached hydrogens (tertiary/aromatic N) is 2. The molecule has 1 aromatic carbocycles. The van der Waals surface area contributed by atoms with Crippen molar-refractivity contribution in [3.8, 4) is 11.8 Å². The standard InChI is InChI=1S/C19H20N2O2/c20-13-15-7-3-4-9-17(15)23-19(16-8-6-11-21-14-16)18-10-2-1-5-12-22-18/h3-4,6-9,11,14,18-19H,1-2,5,10,12H2/t18-,19?/m0/s1. The highest BCUT2D eigenvalue weighted by atomic mass is 16.5. The van der Waals surface area contributed by atoms with Gasteiger partial charge in [-0.25, -0.2) is 0 Å². The lowest BCUT2D eigenvalue weighted by atomic mass is 10.0. The van der Waals surface area contributed by atoms with Gasteiger partial charge >= 0.3 is 0 Å². The van der Waals surface area contributed by atoms with E-state index in [1.54, 1.807) is 12.3 Å². The lowest BCUT2D eigenvalue weighted by Gasteiger charge is -2.27. The molecular weight excluding hydrogens is 288 g/mol. The second-order valence-corrected chi connectivity index (χ2v) is 5.69. The van der Waals surface area contributed by atoms with Crippen LogP contribution in [-0.4, -0.2) is 17.7 Å². The summed E-state index contributed by atoms with van der Waals surface area (Å²) in [5.74, 6) is 0.594. The van der Waals surface area contributed by atoms with E-state index in [2.05, 4.69) is 11.1 Å². The van der Waals surface area contributed by atoms with Crippen molar-refractivity contribution in [3.63, 3.8) is 0 Å². The number of hydrogen-bond acceptors (Lipinski definition) is 4. The predicted molar refractivity (Wildman–Crippen MR) is 87.0 cm³/mol. The van der Waals surface area contributed by atoms with Crippen LogP contribution in [0.4, 0.5) is 0 Å². The van der Waals surface area contributed by atoms with Gasteiger partial charge in [0.2, 0.25) is 0 Å². The fourth-order valence-electron chi connectivity index (χ4n) is 2.88. The van der Waals surface area contributed by atoms with Crippen molar-refractivity contribution in [2.45, 2.75) is 37.9 Å². The molecule has 23 heavy (non-hydrogen) atoms. The molecule has 4 nitrogen and oxygen atoms in total. The zero-order chi connectivity index (χ0) is 15.9. The molecule has 1 saturated heterocycles. The Morgan fingerprint density at radius 3 is 2.91 bits per heavy atom. The van der Waals surface area contributed by atoms with Gasteiger partial charge in [-0.1, -0.05) is 31.0 Å². The number of benzene rings is 1. The van der Waals surface area contributed by atoms with E-state index in [0.717, 1.165) is 31.4 Å². The molecule has 1 aliphatic rings. The van der Waals surface area contributed by atoms with Crippen molar-refractivity contribution >= 4 is 0 Å². The summed E-state index contributed by atoms with van der Waals surface area (Å²) < 4.78 is 12.3. The normalized spacial score (nSPS) is 19.3. The molecule has 1 aliphatic heterocycles. The van der Waals surface area contributed by atoms with E-state index in [9.17, 15) is 5.26 Å². The van der Waals surface area contributed by atoms with Crippen molar-refractivity contribution in [3.05, 3.63) is 59.9 Å². The Hall–Kier alpha value is -2.38. The Kier molecular flexibility index (Phi) is 5.23. The predicted octanol–water partition coefficient (Wildman–Crippen LogP) is 4.03. The molecule has 2 atom stereocenters. The second kappa shape index (κ2) is 7.75. The largest absolute Gasteiger partial charge is 0.482 e. The zero-order valence-corrected chi connectivity index (χ0v) is 13.0. The summed E-state index contributed by atoms with van der Waals surface area (Å²) in [4.78, 5) is 4.21. The van der Waals surface area contributed by atoms with Crippen LogP contribution in [0.5, 0.6) is 5.75 Å². The third-order valence-electron chi connectivity index (χ3n) is 4.08. The average Bonchev–Trinajstić information content (AvgIpc) is 2.90. The Balaban J connectivity index is 1.90. The number of hydrogen-bond donors (Lipinski definition) is 0. The van der Waals surface area contributed by atoms with E-state index >= 15 is 0 Å². The maximum atomic E-state index is 9.28. The molecule has 0 N–H and O–H groups in total. The molecule has 0 bridgehead atoms. The Morgan fingerprint density at radius 2 is 2.09 bits per heavy atom. The molecule has 118 valence electrons. The summed E-state index contributed by atoms with van der Waals surface area (Å²) in [5.41, 5.74) is 1.52. The van der Waals surface area contributed by atoms with Gasteiger partial charge in [0.05, 0.1) is 11.7 Å². The highest BCUT2D eigenvalue weighted by Crippen LogP contribution is 2.31. The summed E-state index contributed by atoms with van der Waals surface area (Å²) in [5, 5.41) is 9.28. The second-order valence-electron chi connectivity index (χ2n) is 5.69. The van der Waals surface area contributed by atoms with Crippen molar-refractivity contribution in [2.75, 3.05) is 6.61 Å². The average molecular weight is 308 g/mol. The molecule has 2 aromatic rings. The van der Waals surface area contributed by atoms with Crippen LogP contribution in [0, 0.1) is 11.3 Å². The highest BCUT2D eigenvalue weighted by molar-refractivity contribution is 5.43. The molecule has 4 heteroatoms. The quantitative estimate of drug-likeness (QED) is 0.855. The van der Waals surface area contributed by atoms with Crippen LogP contribution in [0.3, 0.4) is 0 Å². The first-order valence-electron chi connectivity index (χ1n) is 8.06. The number of rotatable bonds is 4. The zero-order valence-electron chi connectivity index (χ0n) is 13.0. The number of ether oxygens (including phenoxy) is 2. The maximum absolute atomic E-state index is 9.28. The molecule has 0 saturated carbocycles. The van der Waals surface area contributed by atoms with E-state index < -0.39 is 0 Å². The molecular formula is C19H20N2O2. The SMILES string of the molecule is N#Cc1ccccc1OC(c1cccnc1)[C@@H]1CCCCCO1. The summed E-state index contributed by atoms with van der Waals surface area (Å²) in [6.07, 6.45) is 7.64. The van der Waals surface area contributed by atoms with E-state index in [1.807, 2.05) is 36.5 Å². The summed E-state index contributed by atoms with van der Waals surface area (Å²) in [7, 11) is 0. The molecule has 0 aliphatic carbocycles. The van der Waals surface area contributed by atoms with E-state index in [1.165, 1.54) is 6.42 Å². The third kappa shape index (κ3) is 3.88. The van der Waals surface area contributed by atoms with Gasteiger partial charge in [0, 0.05) is 24.6 Å². The van der Waals surface area contributed by atoms with Crippen molar-refractivity contribution in [1.29, 1.82) is 5.26 Å². The maximum Gasteiger partial charge on any atom is 0.151 e. The van der Waals surface area contributed by atoms with Gasteiger partial charge in [-0.3, -0.25) is 4.98 Å². The molecule has 1 unspecified atom stereocenters. The van der Waals surface area contributed by atoms with Gasteiger partial charge in [-0.15, -0.1) is 0 Å². The minimum absolute atomic E-state index is 0.0200. The Bertz CT molecular complexity index is 659. The fraction of sp³-hybridized carbons (Fsp3) is 0.368. The minimum atomic E-state index is -0.253. The van der Waals surface area contributed by atoms with Gasteiger partial charge in [0.15, 0.2) is 6.10 Å². The summed E-state index contributed by atoms with van der Waals surface area (Å²) in [6, 6.07) is 13.4. The number of nitriles is 1. The topological polar surface area (TPSA) is 55.1 Å². The molecule has 0 radical (unpaired) electrons. The van der Waals surface area contributed by atoms with Crippen LogP contribution in [0.2, 0.25) is 0 Å². The summed E-state index contributed by atoms with van der Waals surface area (Å²) >= 11 is 0. The first-order valence-corrected chi connectivity index (χ1v) is 8.06. The third-order valence-corrected chi connectivity index (χ3v) is 4.08. The highest BCUT2D eigenvalue weighted by Gasteiger charge is 2.28. The molecule has 0 spiro atoms. The van der Waals surface area contributed by atoms with Crippen LogP contribution in [0.1, 0.15) is 42.9 Å². The van der Waals surface area contributed by atoms with Crippen LogP contribution >= 0.6 is 0 Å². The van der Waals surface area contributed by atoms with Crippen LogP contribution < -0.4 is 4.74 Å². The Morgan fingerprint density at radius 1 is 1.17 bits per heavy atom. The van der Waals surface area contributed by atoms with Crippen molar-refractivity contribution in [2.24, 2.45) is 0 Å². The van der Waals surface area contributed by atoms with Crippen molar-refractivity contribution in [1.82, 2.24) is 4.98 Å². The Labute approximate surface area is 136 Å². The van der Waals surface area contributed by atoms with Gasteiger partial charge in [0.1, 0.15) is 11.8 Å². The summed E-state index contributed by atoms with van der Waals surface area (Å²) in [6.45, 7) is 0.755. The van der Waals surface area contributed by atoms with Crippen molar-refractivity contribution < 1.29 is 9.47 Å². The first-order chi connectivity index (χ1) is 11.4. The van der Waals surface area contributed by atoms with E-state index in [-0.39, 0.29) is 12.2 Å². The number of pyridine rings is 1. The van der Waals surface area contributed by atoms with Crippen LogP contribution in [-0.2, 0) is 4.74 Å². The van der Waals surface area contributed by atoms with Gasteiger partial charge in [0.25, 0.3) is 0 Å². The number of aromatic nitrogens is 1. The van der Waals surface area contributed by atoms with Gasteiger partial charge < -0.3 is 9.47 Å². The lowest BCUT2D eigenvalue weighted by Crippen LogP contribution is -2.26. The van der Waals surface area contributed by atoms with E-state index in [0.29, 0.717) is 11.3 Å². The monoisotopic (exact) mass is 308 g/mol. The van der Waals surface area contributed by atoms with Crippen LogP contribution in [0.25, 0.3) is 0 Å². The lowest BCUT2D eigenvalue weighted by molar-refractivity contribution is -0.0243. The molecule has 3 rings (SSSR count).